The minimum atomic E-state index is -0.309. The molecule has 1 aromatic carbocycles. The van der Waals surface area contributed by atoms with Gasteiger partial charge >= 0.3 is 0 Å². The third kappa shape index (κ3) is 4.82. The van der Waals surface area contributed by atoms with Crippen LogP contribution in [-0.2, 0) is 0 Å². The molecule has 3 N–H and O–H groups in total. The summed E-state index contributed by atoms with van der Waals surface area (Å²) in [6.07, 6.45) is 1.77. The van der Waals surface area contributed by atoms with Gasteiger partial charge in [-0.05, 0) is 45.9 Å². The van der Waals surface area contributed by atoms with E-state index in [-0.39, 0.29) is 35.0 Å². The van der Waals surface area contributed by atoms with E-state index in [1.807, 2.05) is 6.07 Å². The van der Waals surface area contributed by atoms with Gasteiger partial charge < -0.3 is 25.1 Å². The molecule has 0 fully saturated rings. The van der Waals surface area contributed by atoms with Crippen LogP contribution < -0.4 is 10.6 Å². The maximum absolute atomic E-state index is 12.3. The number of hydrogen-bond donors (Lipinski definition) is 3. The summed E-state index contributed by atoms with van der Waals surface area (Å²) in [5.74, 6) is 1.49. The van der Waals surface area contributed by atoms with Crippen molar-refractivity contribution in [2.45, 2.75) is 39.7 Å². The molecule has 1 amide bonds. The average molecular weight is 428 g/mol. The van der Waals surface area contributed by atoms with Gasteiger partial charge in [0.2, 0.25) is 11.6 Å². The van der Waals surface area contributed by atoms with Gasteiger partial charge in [-0.15, -0.1) is 0 Å². The van der Waals surface area contributed by atoms with E-state index in [2.05, 4.69) is 48.6 Å². The number of hydrogen-bond acceptors (Lipinski definition) is 8. The Labute approximate surface area is 181 Å². The van der Waals surface area contributed by atoms with Crippen molar-refractivity contribution >= 4 is 23.2 Å². The van der Waals surface area contributed by atoms with Crippen molar-refractivity contribution in [3.05, 3.63) is 47.4 Å². The second kappa shape index (κ2) is 9.11. The number of rotatable bonds is 8. The molecule has 0 spiro atoms. The van der Waals surface area contributed by atoms with E-state index in [1.165, 1.54) is 4.90 Å². The Hall–Kier alpha value is -3.49. The lowest BCUT2D eigenvalue weighted by molar-refractivity contribution is 0.0824. The number of carbonyl (C=O) groups is 1. The summed E-state index contributed by atoms with van der Waals surface area (Å²) in [4.78, 5) is 13.7. The smallest absolute Gasteiger partial charge is 0.257 e. The summed E-state index contributed by atoms with van der Waals surface area (Å²) in [7, 11) is 3.24. The van der Waals surface area contributed by atoms with Crippen molar-refractivity contribution in [2.24, 2.45) is 5.92 Å². The first-order chi connectivity index (χ1) is 14.7. The van der Waals surface area contributed by atoms with Crippen LogP contribution in [0.1, 0.15) is 61.3 Å². The Bertz CT molecular complexity index is 1040. The number of aromatic nitrogens is 2. The van der Waals surface area contributed by atoms with Gasteiger partial charge in [0, 0.05) is 14.1 Å². The molecule has 166 valence electrons. The quantitative estimate of drug-likeness (QED) is 0.441. The van der Waals surface area contributed by atoms with E-state index < -0.39 is 0 Å². The number of para-hydroxylation sites is 1. The van der Waals surface area contributed by atoms with E-state index in [1.54, 1.807) is 38.6 Å². The van der Waals surface area contributed by atoms with Crippen LogP contribution in [0.4, 0.5) is 17.3 Å². The summed E-state index contributed by atoms with van der Waals surface area (Å²) in [5, 5.41) is 24.7. The van der Waals surface area contributed by atoms with E-state index in [9.17, 15) is 9.90 Å². The van der Waals surface area contributed by atoms with E-state index >= 15 is 0 Å². The third-order valence-electron chi connectivity index (χ3n) is 4.99. The standard InChI is InChI=1S/C22H29N5O4/c1-12(2)14-10-17(30-11-14)18(13(3)4)24-21-20(25-31-26-21)23-16-9-7-8-15(19(16)28)22(29)27(5)6/h7-13,18,28H,1-6H3,(H,23,25)(H,24,26)/t18-/m1/s1. The molecule has 0 aliphatic rings. The minimum Gasteiger partial charge on any atom is -0.505 e. The number of benzene rings is 1. The number of aromatic hydroxyl groups is 1. The molecule has 0 bridgehead atoms. The summed E-state index contributed by atoms with van der Waals surface area (Å²) in [6.45, 7) is 8.35. The molecule has 2 aromatic heterocycles. The number of phenols is 1. The van der Waals surface area contributed by atoms with Crippen LogP contribution in [0.25, 0.3) is 0 Å². The lowest BCUT2D eigenvalue weighted by atomic mass is 9.99. The van der Waals surface area contributed by atoms with Crippen molar-refractivity contribution in [1.82, 2.24) is 15.2 Å². The van der Waals surface area contributed by atoms with Gasteiger partial charge in [-0.1, -0.05) is 33.8 Å². The molecule has 0 aliphatic heterocycles. The fourth-order valence-corrected chi connectivity index (χ4v) is 3.10. The van der Waals surface area contributed by atoms with Crippen LogP contribution in [0.15, 0.2) is 39.6 Å². The van der Waals surface area contributed by atoms with Crippen LogP contribution in [0, 0.1) is 5.92 Å². The van der Waals surface area contributed by atoms with Gasteiger partial charge in [-0.3, -0.25) is 4.79 Å². The van der Waals surface area contributed by atoms with Crippen LogP contribution >= 0.6 is 0 Å². The number of nitrogens with zero attached hydrogens (tertiary/aromatic N) is 3. The number of carbonyl (C=O) groups excluding carboxylic acids is 1. The van der Waals surface area contributed by atoms with Crippen LogP contribution in [0.3, 0.4) is 0 Å². The summed E-state index contributed by atoms with van der Waals surface area (Å²) < 4.78 is 10.7. The molecule has 0 saturated carbocycles. The Morgan fingerprint density at radius 2 is 1.84 bits per heavy atom. The number of phenolic OH excluding ortho intramolecular Hbond substituents is 1. The molecule has 9 heteroatoms. The van der Waals surface area contributed by atoms with Crippen molar-refractivity contribution in [3.8, 4) is 5.75 Å². The zero-order chi connectivity index (χ0) is 22.7. The Kier molecular flexibility index (Phi) is 6.53. The molecule has 0 saturated heterocycles. The fraction of sp³-hybridized carbons (Fsp3) is 0.409. The summed E-state index contributed by atoms with van der Waals surface area (Å²) in [6, 6.07) is 6.73. The fourth-order valence-electron chi connectivity index (χ4n) is 3.10. The normalized spacial score (nSPS) is 12.3. The maximum Gasteiger partial charge on any atom is 0.257 e. The topological polar surface area (TPSA) is 117 Å². The Morgan fingerprint density at radius 3 is 2.45 bits per heavy atom. The lowest BCUT2D eigenvalue weighted by Gasteiger charge is -2.20. The molecule has 0 aliphatic carbocycles. The highest BCUT2D eigenvalue weighted by Crippen LogP contribution is 2.35. The maximum atomic E-state index is 12.3. The van der Waals surface area contributed by atoms with Crippen molar-refractivity contribution in [1.29, 1.82) is 0 Å². The van der Waals surface area contributed by atoms with Crippen LogP contribution in [0.5, 0.6) is 5.75 Å². The third-order valence-corrected chi connectivity index (χ3v) is 4.99. The predicted octanol–water partition coefficient (Wildman–Crippen LogP) is 4.75. The average Bonchev–Trinajstić information content (AvgIpc) is 3.36. The zero-order valence-electron chi connectivity index (χ0n) is 18.6. The van der Waals surface area contributed by atoms with Crippen molar-refractivity contribution in [3.63, 3.8) is 0 Å². The summed E-state index contributed by atoms with van der Waals surface area (Å²) >= 11 is 0. The first-order valence-corrected chi connectivity index (χ1v) is 10.2. The molecule has 0 radical (unpaired) electrons. The Morgan fingerprint density at radius 1 is 1.13 bits per heavy atom. The van der Waals surface area contributed by atoms with E-state index in [4.69, 9.17) is 9.05 Å². The predicted molar refractivity (Wildman–Crippen MR) is 118 cm³/mol. The van der Waals surface area contributed by atoms with Gasteiger partial charge in [-0.2, -0.15) is 0 Å². The molecule has 3 aromatic rings. The molecule has 31 heavy (non-hydrogen) atoms. The van der Waals surface area contributed by atoms with Gasteiger partial charge in [0.05, 0.1) is 23.6 Å². The lowest BCUT2D eigenvalue weighted by Crippen LogP contribution is -2.21. The van der Waals surface area contributed by atoms with Crippen molar-refractivity contribution in [2.75, 3.05) is 24.7 Å². The van der Waals surface area contributed by atoms with Gasteiger partial charge in [-0.25, -0.2) is 4.63 Å². The number of anilines is 3. The highest BCUT2D eigenvalue weighted by molar-refractivity contribution is 5.98. The molecule has 0 unspecified atom stereocenters. The number of furan rings is 1. The van der Waals surface area contributed by atoms with E-state index in [0.717, 1.165) is 11.3 Å². The van der Waals surface area contributed by atoms with E-state index in [0.29, 0.717) is 17.4 Å². The first-order valence-electron chi connectivity index (χ1n) is 10.2. The molecule has 3 rings (SSSR count). The molecule has 1 atom stereocenters. The number of amides is 1. The monoisotopic (exact) mass is 427 g/mol. The zero-order valence-corrected chi connectivity index (χ0v) is 18.6. The van der Waals surface area contributed by atoms with Gasteiger partial charge in [0.25, 0.3) is 5.91 Å². The molecular weight excluding hydrogens is 398 g/mol. The number of nitrogens with one attached hydrogen (secondary N) is 2. The highest BCUT2D eigenvalue weighted by atomic mass is 16.6. The van der Waals surface area contributed by atoms with Gasteiger partial charge in [0.1, 0.15) is 5.76 Å². The second-order valence-electron chi connectivity index (χ2n) is 8.29. The highest BCUT2D eigenvalue weighted by Gasteiger charge is 2.24. The largest absolute Gasteiger partial charge is 0.505 e. The SMILES string of the molecule is CC(C)c1coc([C@H](Nc2nonc2Nc2cccc(C(=O)N(C)C)c2O)C(C)C)c1. The van der Waals surface area contributed by atoms with Crippen molar-refractivity contribution < 1.29 is 18.9 Å². The molecular formula is C22H29N5O4. The minimum absolute atomic E-state index is 0.171. The first kappa shape index (κ1) is 22.2. The molecule has 2 heterocycles. The summed E-state index contributed by atoms with van der Waals surface area (Å²) in [5.41, 5.74) is 1.61. The van der Waals surface area contributed by atoms with Crippen LogP contribution in [-0.4, -0.2) is 40.3 Å². The van der Waals surface area contributed by atoms with Crippen LogP contribution in [0.2, 0.25) is 0 Å². The second-order valence-corrected chi connectivity index (χ2v) is 8.29. The van der Waals surface area contributed by atoms with Gasteiger partial charge in [0.15, 0.2) is 5.75 Å². The molecule has 9 nitrogen and oxygen atoms in total. The Balaban J connectivity index is 1.85.